The summed E-state index contributed by atoms with van der Waals surface area (Å²) in [4.78, 5) is 29.5. The van der Waals surface area contributed by atoms with Gasteiger partial charge in [0.2, 0.25) is 0 Å². The molecule has 0 N–H and O–H groups in total. The molecule has 1 saturated heterocycles. The molecule has 28 heavy (non-hydrogen) atoms. The highest BCUT2D eigenvalue weighted by Crippen LogP contribution is 2.26. The number of carbonyl (C=O) groups excluding carboxylic acids is 2. The Labute approximate surface area is 165 Å². The summed E-state index contributed by atoms with van der Waals surface area (Å²) >= 11 is 0. The van der Waals surface area contributed by atoms with Crippen LogP contribution in [0, 0.1) is 13.8 Å². The van der Waals surface area contributed by atoms with Crippen LogP contribution < -0.4 is 4.74 Å². The number of likely N-dealkylation sites (tertiary alicyclic amines) is 1. The van der Waals surface area contributed by atoms with Crippen molar-refractivity contribution in [3.05, 3.63) is 64.2 Å². The molecule has 5 nitrogen and oxygen atoms in total. The molecule has 146 valence electrons. The van der Waals surface area contributed by atoms with E-state index in [2.05, 4.69) is 6.07 Å². The van der Waals surface area contributed by atoms with Gasteiger partial charge in [-0.15, -0.1) is 0 Å². The van der Waals surface area contributed by atoms with Gasteiger partial charge in [-0.05, 0) is 57.0 Å². The predicted octanol–water partition coefficient (Wildman–Crippen LogP) is 3.57. The van der Waals surface area contributed by atoms with Gasteiger partial charge in [-0.2, -0.15) is 0 Å². The van der Waals surface area contributed by atoms with Crippen molar-refractivity contribution in [1.82, 2.24) is 9.80 Å². The second-order valence-corrected chi connectivity index (χ2v) is 7.77. The highest BCUT2D eigenvalue weighted by atomic mass is 16.5. The van der Waals surface area contributed by atoms with Gasteiger partial charge in [0.05, 0.1) is 6.54 Å². The van der Waals surface area contributed by atoms with Gasteiger partial charge in [-0.1, -0.05) is 17.2 Å². The van der Waals surface area contributed by atoms with Crippen LogP contribution in [0.25, 0.3) is 0 Å². The molecule has 0 spiro atoms. The molecule has 0 saturated carbocycles. The first-order valence-electron chi connectivity index (χ1n) is 9.94. The van der Waals surface area contributed by atoms with E-state index in [1.165, 1.54) is 0 Å². The first-order valence-corrected chi connectivity index (χ1v) is 9.94. The normalized spacial score (nSPS) is 16.4. The SMILES string of the molecule is Cc1cc(C)cc(C(=O)N2CCOc3ccc(C(=O)N4CCCC4)cc3C2)c1. The molecule has 0 atom stereocenters. The van der Waals surface area contributed by atoms with E-state index in [-0.39, 0.29) is 11.8 Å². The molecule has 0 aromatic heterocycles. The third kappa shape index (κ3) is 3.75. The minimum Gasteiger partial charge on any atom is -0.491 e. The fraction of sp³-hybridized carbons (Fsp3) is 0.391. The van der Waals surface area contributed by atoms with E-state index in [1.54, 1.807) is 0 Å². The van der Waals surface area contributed by atoms with Crippen molar-refractivity contribution in [2.75, 3.05) is 26.2 Å². The average molecular weight is 378 g/mol. The van der Waals surface area contributed by atoms with Crippen LogP contribution in [-0.2, 0) is 6.54 Å². The number of rotatable bonds is 2. The molecular weight excluding hydrogens is 352 g/mol. The van der Waals surface area contributed by atoms with Gasteiger partial charge in [0, 0.05) is 36.3 Å². The maximum atomic E-state index is 13.1. The van der Waals surface area contributed by atoms with Crippen molar-refractivity contribution in [3.63, 3.8) is 0 Å². The second kappa shape index (κ2) is 7.66. The zero-order valence-electron chi connectivity index (χ0n) is 16.5. The molecule has 2 amide bonds. The number of nitrogens with zero attached hydrogens (tertiary/aromatic N) is 2. The Bertz CT molecular complexity index is 896. The van der Waals surface area contributed by atoms with E-state index in [9.17, 15) is 9.59 Å². The van der Waals surface area contributed by atoms with Crippen LogP contribution in [0.2, 0.25) is 0 Å². The lowest BCUT2D eigenvalue weighted by molar-refractivity contribution is 0.0733. The summed E-state index contributed by atoms with van der Waals surface area (Å²) in [6.45, 7) is 7.07. The van der Waals surface area contributed by atoms with E-state index < -0.39 is 0 Å². The van der Waals surface area contributed by atoms with E-state index in [0.29, 0.717) is 30.8 Å². The quantitative estimate of drug-likeness (QED) is 0.803. The van der Waals surface area contributed by atoms with Crippen molar-refractivity contribution in [3.8, 4) is 5.75 Å². The monoisotopic (exact) mass is 378 g/mol. The molecule has 2 aromatic rings. The number of ether oxygens (including phenoxy) is 1. The number of amides is 2. The molecule has 0 aliphatic carbocycles. The van der Waals surface area contributed by atoms with Gasteiger partial charge >= 0.3 is 0 Å². The maximum absolute atomic E-state index is 13.1. The zero-order valence-corrected chi connectivity index (χ0v) is 16.5. The Hall–Kier alpha value is -2.82. The van der Waals surface area contributed by atoms with Gasteiger partial charge < -0.3 is 14.5 Å². The molecule has 0 bridgehead atoms. The number of aryl methyl sites for hydroxylation is 2. The van der Waals surface area contributed by atoms with Gasteiger partial charge in [0.25, 0.3) is 11.8 Å². The largest absolute Gasteiger partial charge is 0.491 e. The Morgan fingerprint density at radius 1 is 0.821 bits per heavy atom. The summed E-state index contributed by atoms with van der Waals surface area (Å²) in [5.74, 6) is 0.824. The average Bonchev–Trinajstić information content (AvgIpc) is 3.12. The first-order chi connectivity index (χ1) is 13.5. The summed E-state index contributed by atoms with van der Waals surface area (Å²) in [7, 11) is 0. The number of hydrogen-bond donors (Lipinski definition) is 0. The number of hydrogen-bond acceptors (Lipinski definition) is 3. The van der Waals surface area contributed by atoms with Crippen molar-refractivity contribution in [1.29, 1.82) is 0 Å². The topological polar surface area (TPSA) is 49.9 Å². The molecule has 2 aliphatic heterocycles. The highest BCUT2D eigenvalue weighted by Gasteiger charge is 2.24. The van der Waals surface area contributed by atoms with E-state index in [0.717, 1.165) is 48.4 Å². The van der Waals surface area contributed by atoms with E-state index in [1.807, 2.05) is 54.0 Å². The third-order valence-electron chi connectivity index (χ3n) is 5.44. The van der Waals surface area contributed by atoms with Crippen molar-refractivity contribution >= 4 is 11.8 Å². The molecule has 2 aromatic carbocycles. The van der Waals surface area contributed by atoms with Crippen LogP contribution >= 0.6 is 0 Å². The first kappa shape index (κ1) is 18.5. The maximum Gasteiger partial charge on any atom is 0.254 e. The van der Waals surface area contributed by atoms with Crippen LogP contribution in [0.4, 0.5) is 0 Å². The second-order valence-electron chi connectivity index (χ2n) is 7.77. The number of fused-ring (bicyclic) bond motifs is 1. The fourth-order valence-corrected chi connectivity index (χ4v) is 4.08. The molecule has 2 aliphatic rings. The van der Waals surface area contributed by atoms with Gasteiger partial charge in [0.1, 0.15) is 12.4 Å². The van der Waals surface area contributed by atoms with Crippen LogP contribution in [0.5, 0.6) is 5.75 Å². The molecule has 0 radical (unpaired) electrons. The van der Waals surface area contributed by atoms with E-state index in [4.69, 9.17) is 4.74 Å². The summed E-state index contributed by atoms with van der Waals surface area (Å²) < 4.78 is 5.85. The van der Waals surface area contributed by atoms with Crippen LogP contribution in [0.3, 0.4) is 0 Å². The van der Waals surface area contributed by atoms with Gasteiger partial charge in [-0.3, -0.25) is 9.59 Å². The highest BCUT2D eigenvalue weighted by molar-refractivity contribution is 5.96. The number of benzene rings is 2. The van der Waals surface area contributed by atoms with Gasteiger partial charge in [-0.25, -0.2) is 0 Å². The lowest BCUT2D eigenvalue weighted by atomic mass is 10.1. The Balaban J connectivity index is 1.59. The van der Waals surface area contributed by atoms with Crippen molar-refractivity contribution in [2.45, 2.75) is 33.2 Å². The molecule has 0 unspecified atom stereocenters. The van der Waals surface area contributed by atoms with Crippen LogP contribution in [0.15, 0.2) is 36.4 Å². The summed E-state index contributed by atoms with van der Waals surface area (Å²) in [5, 5.41) is 0. The molecule has 5 heteroatoms. The smallest absolute Gasteiger partial charge is 0.254 e. The van der Waals surface area contributed by atoms with Crippen LogP contribution in [-0.4, -0.2) is 47.9 Å². The lowest BCUT2D eigenvalue weighted by Gasteiger charge is -2.21. The Morgan fingerprint density at radius 3 is 2.21 bits per heavy atom. The van der Waals surface area contributed by atoms with E-state index >= 15 is 0 Å². The fourth-order valence-electron chi connectivity index (χ4n) is 4.08. The molecule has 4 rings (SSSR count). The summed E-state index contributed by atoms with van der Waals surface area (Å²) in [5.41, 5.74) is 4.41. The standard InChI is InChI=1S/C23H26N2O3/c1-16-11-17(2)13-19(12-16)23(27)25-9-10-28-21-6-5-18(14-20(21)15-25)22(26)24-7-3-4-8-24/h5-6,11-14H,3-4,7-10,15H2,1-2H3. The lowest BCUT2D eigenvalue weighted by Crippen LogP contribution is -2.32. The third-order valence-corrected chi connectivity index (χ3v) is 5.44. The Morgan fingerprint density at radius 2 is 1.50 bits per heavy atom. The predicted molar refractivity (Wildman–Crippen MR) is 108 cm³/mol. The summed E-state index contributed by atoms with van der Waals surface area (Å²) in [6, 6.07) is 11.5. The molecular formula is C23H26N2O3. The molecule has 1 fully saturated rings. The van der Waals surface area contributed by atoms with Crippen molar-refractivity contribution < 1.29 is 14.3 Å². The number of carbonyl (C=O) groups is 2. The van der Waals surface area contributed by atoms with Crippen molar-refractivity contribution in [2.24, 2.45) is 0 Å². The molecule has 2 heterocycles. The van der Waals surface area contributed by atoms with Gasteiger partial charge in [0.15, 0.2) is 0 Å². The summed E-state index contributed by atoms with van der Waals surface area (Å²) in [6.07, 6.45) is 2.13. The van der Waals surface area contributed by atoms with Crippen LogP contribution in [0.1, 0.15) is 50.2 Å². The minimum absolute atomic E-state index is 0.000442. The minimum atomic E-state index is -0.000442. The Kier molecular flexibility index (Phi) is 5.07. The zero-order chi connectivity index (χ0) is 19.7.